The van der Waals surface area contributed by atoms with Gasteiger partial charge in [0.25, 0.3) is 0 Å². The van der Waals surface area contributed by atoms with Crippen molar-refractivity contribution in [2.75, 3.05) is 67.1 Å². The van der Waals surface area contributed by atoms with Gasteiger partial charge in [-0.25, -0.2) is 8.42 Å². The first-order valence-electron chi connectivity index (χ1n) is 12.3. The van der Waals surface area contributed by atoms with Crippen molar-refractivity contribution >= 4 is 15.9 Å². The minimum Gasteiger partial charge on any atom is -0.370 e. The normalized spacial score (nSPS) is 22.4. The summed E-state index contributed by atoms with van der Waals surface area (Å²) < 4.78 is 33.0. The number of ether oxygens (including phenoxy) is 1. The van der Waals surface area contributed by atoms with Gasteiger partial charge in [0.2, 0.25) is 15.9 Å². The van der Waals surface area contributed by atoms with E-state index in [-0.39, 0.29) is 31.7 Å². The number of amides is 1. The summed E-state index contributed by atoms with van der Waals surface area (Å²) in [6.45, 7) is 10.4. The first-order valence-corrected chi connectivity index (χ1v) is 13.7. The van der Waals surface area contributed by atoms with E-state index >= 15 is 0 Å². The molecule has 0 unspecified atom stereocenters. The molecule has 0 bridgehead atoms. The van der Waals surface area contributed by atoms with Gasteiger partial charge >= 0.3 is 0 Å². The summed E-state index contributed by atoms with van der Waals surface area (Å²) in [5.41, 5.74) is 2.53. The molecule has 34 heavy (non-hydrogen) atoms. The lowest BCUT2D eigenvalue weighted by Gasteiger charge is -2.36. The Balaban J connectivity index is 1.43. The highest BCUT2D eigenvalue weighted by molar-refractivity contribution is 7.89. The maximum atomic E-state index is 13.1. The zero-order chi connectivity index (χ0) is 25.0. The Hall–Kier alpha value is -1.52. The average Bonchev–Trinajstić information content (AvgIpc) is 3.25. The number of nitrogens with zero attached hydrogens (tertiary/aromatic N) is 4. The predicted octanol–water partition coefficient (Wildman–Crippen LogP) is 1.88. The van der Waals surface area contributed by atoms with Crippen LogP contribution in [0, 0.1) is 20.8 Å². The number of rotatable bonds is 9. The highest BCUT2D eigenvalue weighted by atomic mass is 32.2. The van der Waals surface area contributed by atoms with E-state index in [1.165, 1.54) is 4.31 Å². The van der Waals surface area contributed by atoms with Gasteiger partial charge in [-0.1, -0.05) is 17.7 Å². The smallest absolute Gasteiger partial charge is 0.248 e. The summed E-state index contributed by atoms with van der Waals surface area (Å²) in [5.74, 6) is -0.0419. The molecule has 1 amide bonds. The monoisotopic (exact) mass is 494 g/mol. The second kappa shape index (κ2) is 11.5. The number of sulfonamides is 1. The van der Waals surface area contributed by atoms with E-state index in [1.807, 2.05) is 44.9 Å². The van der Waals surface area contributed by atoms with Crippen LogP contribution in [-0.2, 0) is 19.6 Å². The standard InChI is InChI=1S/C25H42N4O4S/c1-19-15-20(2)25(21(3)16-19)34(31,32)27(5)13-14-33-18-24(30)28(6)22-7-8-23(17-22)29-11-9-26(4)10-12-29/h15-16,22-23H,7-14,17-18H2,1-6H3/t22-,23+/m1/s1. The van der Waals surface area contributed by atoms with E-state index in [0.29, 0.717) is 10.9 Å². The molecule has 2 fully saturated rings. The third kappa shape index (κ3) is 6.37. The largest absolute Gasteiger partial charge is 0.370 e. The molecule has 0 aromatic heterocycles. The molecule has 1 aromatic carbocycles. The number of benzene rings is 1. The molecule has 1 aliphatic heterocycles. The van der Waals surface area contributed by atoms with Crippen LogP contribution in [0.2, 0.25) is 0 Å². The predicted molar refractivity (Wildman–Crippen MR) is 135 cm³/mol. The Morgan fingerprint density at radius 3 is 2.29 bits per heavy atom. The SMILES string of the molecule is Cc1cc(C)c(S(=O)(=O)N(C)CCOCC(=O)N(C)[C@@H]2CC[C@H](N3CCN(C)CC3)C2)c(C)c1. The van der Waals surface area contributed by atoms with Crippen molar-refractivity contribution in [2.24, 2.45) is 0 Å². The molecule has 8 nitrogen and oxygen atoms in total. The van der Waals surface area contributed by atoms with Gasteiger partial charge in [-0.15, -0.1) is 0 Å². The zero-order valence-corrected chi connectivity index (χ0v) is 22.5. The first kappa shape index (κ1) is 27.1. The van der Waals surface area contributed by atoms with Gasteiger partial charge in [0.15, 0.2) is 0 Å². The minimum atomic E-state index is -3.62. The van der Waals surface area contributed by atoms with Crippen LogP contribution in [0.3, 0.4) is 0 Å². The van der Waals surface area contributed by atoms with Crippen molar-refractivity contribution in [1.82, 2.24) is 19.0 Å². The Labute approximate surface area is 205 Å². The van der Waals surface area contributed by atoms with E-state index in [9.17, 15) is 13.2 Å². The summed E-state index contributed by atoms with van der Waals surface area (Å²) in [6, 6.07) is 4.57. The molecule has 2 atom stereocenters. The number of hydrogen-bond acceptors (Lipinski definition) is 6. The van der Waals surface area contributed by atoms with Gasteiger partial charge in [-0.05, 0) is 58.2 Å². The number of carbonyl (C=O) groups is 1. The van der Waals surface area contributed by atoms with Gasteiger partial charge < -0.3 is 14.5 Å². The summed E-state index contributed by atoms with van der Waals surface area (Å²) in [7, 11) is 1.97. The van der Waals surface area contributed by atoms with Gasteiger partial charge in [-0.2, -0.15) is 4.31 Å². The molecule has 1 saturated carbocycles. The Kier molecular flexibility index (Phi) is 9.14. The molecule has 0 spiro atoms. The number of likely N-dealkylation sites (N-methyl/N-ethyl adjacent to an activating group) is 3. The van der Waals surface area contributed by atoms with Crippen molar-refractivity contribution in [1.29, 1.82) is 0 Å². The summed E-state index contributed by atoms with van der Waals surface area (Å²) >= 11 is 0. The molecule has 0 radical (unpaired) electrons. The number of piperazine rings is 1. The summed E-state index contributed by atoms with van der Waals surface area (Å²) in [6.07, 6.45) is 3.17. The molecular formula is C25H42N4O4S. The maximum absolute atomic E-state index is 13.1. The number of carbonyl (C=O) groups excluding carboxylic acids is 1. The van der Waals surface area contributed by atoms with E-state index in [4.69, 9.17) is 4.74 Å². The average molecular weight is 495 g/mol. The van der Waals surface area contributed by atoms with Crippen LogP contribution in [0.5, 0.6) is 0 Å². The van der Waals surface area contributed by atoms with Gasteiger partial charge in [0.1, 0.15) is 6.61 Å². The molecule has 1 saturated heterocycles. The Bertz CT molecular complexity index is 937. The molecule has 192 valence electrons. The van der Waals surface area contributed by atoms with Gasteiger partial charge in [-0.3, -0.25) is 9.69 Å². The van der Waals surface area contributed by atoms with Gasteiger partial charge in [0.05, 0.1) is 11.5 Å². The van der Waals surface area contributed by atoms with Crippen LogP contribution >= 0.6 is 0 Å². The minimum absolute atomic E-state index is 0.0251. The molecule has 9 heteroatoms. The lowest BCUT2D eigenvalue weighted by molar-refractivity contribution is -0.136. The quantitative estimate of drug-likeness (QED) is 0.488. The van der Waals surface area contributed by atoms with E-state index in [2.05, 4.69) is 16.8 Å². The number of aryl methyl sites for hydroxylation is 3. The molecular weight excluding hydrogens is 452 g/mol. The van der Waals surface area contributed by atoms with Crippen LogP contribution in [0.1, 0.15) is 36.0 Å². The van der Waals surface area contributed by atoms with Crippen LogP contribution in [0.15, 0.2) is 17.0 Å². The van der Waals surface area contributed by atoms with Crippen LogP contribution in [0.4, 0.5) is 0 Å². The van der Waals surface area contributed by atoms with Crippen molar-refractivity contribution in [2.45, 2.75) is 57.0 Å². The molecule has 1 aliphatic carbocycles. The fourth-order valence-corrected chi connectivity index (χ4v) is 6.87. The third-order valence-electron chi connectivity index (χ3n) is 7.42. The molecule has 3 rings (SSSR count). The van der Waals surface area contributed by atoms with Crippen LogP contribution < -0.4 is 0 Å². The van der Waals surface area contributed by atoms with Crippen molar-refractivity contribution in [3.05, 3.63) is 28.8 Å². The lowest BCUT2D eigenvalue weighted by atomic mass is 10.1. The van der Waals surface area contributed by atoms with E-state index in [0.717, 1.165) is 62.1 Å². The highest BCUT2D eigenvalue weighted by Crippen LogP contribution is 2.28. The topological polar surface area (TPSA) is 73.4 Å². The first-order chi connectivity index (χ1) is 16.0. The van der Waals surface area contributed by atoms with Gasteiger partial charge in [0, 0.05) is 58.9 Å². The Morgan fingerprint density at radius 2 is 1.68 bits per heavy atom. The molecule has 1 aromatic rings. The van der Waals surface area contributed by atoms with Crippen molar-refractivity contribution < 1.29 is 17.9 Å². The van der Waals surface area contributed by atoms with E-state index < -0.39 is 10.0 Å². The molecule has 0 N–H and O–H groups in total. The lowest BCUT2D eigenvalue weighted by Crippen LogP contribution is -2.48. The molecule has 1 heterocycles. The Morgan fingerprint density at radius 1 is 1.06 bits per heavy atom. The summed E-state index contributed by atoms with van der Waals surface area (Å²) in [5, 5.41) is 0. The van der Waals surface area contributed by atoms with Crippen molar-refractivity contribution in [3.8, 4) is 0 Å². The zero-order valence-electron chi connectivity index (χ0n) is 21.7. The molecule has 2 aliphatic rings. The fraction of sp³-hybridized carbons (Fsp3) is 0.720. The summed E-state index contributed by atoms with van der Waals surface area (Å²) in [4.78, 5) is 19.8. The second-order valence-electron chi connectivity index (χ2n) is 10.1. The maximum Gasteiger partial charge on any atom is 0.248 e. The highest BCUT2D eigenvalue weighted by Gasteiger charge is 2.34. The van der Waals surface area contributed by atoms with Crippen LogP contribution in [0.25, 0.3) is 0 Å². The van der Waals surface area contributed by atoms with Crippen molar-refractivity contribution in [3.63, 3.8) is 0 Å². The third-order valence-corrected chi connectivity index (χ3v) is 9.58. The second-order valence-corrected chi connectivity index (χ2v) is 12.1. The van der Waals surface area contributed by atoms with E-state index in [1.54, 1.807) is 7.05 Å². The number of hydrogen-bond donors (Lipinski definition) is 0. The fourth-order valence-electron chi connectivity index (χ4n) is 5.31. The van der Waals surface area contributed by atoms with Crippen LogP contribution in [-0.4, -0.2) is 112 Å².